The Labute approximate surface area is 155 Å². The van der Waals surface area contributed by atoms with Gasteiger partial charge in [-0.05, 0) is 49.4 Å². The van der Waals surface area contributed by atoms with Gasteiger partial charge in [0, 0.05) is 12.1 Å². The van der Waals surface area contributed by atoms with Gasteiger partial charge < -0.3 is 10.1 Å². The van der Waals surface area contributed by atoms with Crippen LogP contribution in [0.5, 0.6) is 5.75 Å². The lowest BCUT2D eigenvalue weighted by Crippen LogP contribution is -2.46. The molecule has 1 heterocycles. The molecule has 3 atom stereocenters. The molecular weight excluding hydrogens is 326 g/mol. The van der Waals surface area contributed by atoms with Gasteiger partial charge in [-0.15, -0.1) is 0 Å². The van der Waals surface area contributed by atoms with Gasteiger partial charge in [-0.1, -0.05) is 42.5 Å². The van der Waals surface area contributed by atoms with Crippen molar-refractivity contribution in [1.29, 1.82) is 0 Å². The molecule has 26 heavy (non-hydrogen) atoms. The van der Waals surface area contributed by atoms with Crippen LogP contribution in [0.3, 0.4) is 0 Å². The van der Waals surface area contributed by atoms with Crippen LogP contribution >= 0.6 is 0 Å². The number of hydrogen-bond donors (Lipinski definition) is 3. The van der Waals surface area contributed by atoms with Crippen molar-refractivity contribution in [3.63, 3.8) is 0 Å². The monoisotopic (exact) mass is 353 g/mol. The largest absolute Gasteiger partial charge is 0.497 e. The maximum atomic E-state index is 12.5. The number of rotatable bonds is 7. The molecule has 5 heteroatoms. The second-order valence-electron chi connectivity index (χ2n) is 6.84. The molecule has 3 N–H and O–H groups in total. The fourth-order valence-corrected chi connectivity index (χ4v) is 3.22. The van der Waals surface area contributed by atoms with Gasteiger partial charge in [-0.3, -0.25) is 4.79 Å². The van der Waals surface area contributed by atoms with E-state index in [9.17, 15) is 4.79 Å². The van der Waals surface area contributed by atoms with Crippen LogP contribution in [-0.4, -0.2) is 25.1 Å². The molecule has 2 aromatic carbocycles. The van der Waals surface area contributed by atoms with E-state index in [1.807, 2.05) is 30.3 Å². The first-order valence-electron chi connectivity index (χ1n) is 9.15. The van der Waals surface area contributed by atoms with E-state index in [0.717, 1.165) is 25.0 Å². The quantitative estimate of drug-likeness (QED) is 0.716. The van der Waals surface area contributed by atoms with Crippen LogP contribution < -0.4 is 20.9 Å². The Balaban J connectivity index is 1.44. The van der Waals surface area contributed by atoms with Crippen LogP contribution in [0.1, 0.15) is 36.9 Å². The van der Waals surface area contributed by atoms with E-state index in [2.05, 4.69) is 47.4 Å². The summed E-state index contributed by atoms with van der Waals surface area (Å²) >= 11 is 0. The smallest absolute Gasteiger partial charge is 0.238 e. The zero-order chi connectivity index (χ0) is 18.4. The first-order chi connectivity index (χ1) is 12.7. The van der Waals surface area contributed by atoms with Crippen LogP contribution in [0.4, 0.5) is 0 Å². The number of carbonyl (C=O) groups excluding carboxylic acids is 1. The van der Waals surface area contributed by atoms with Crippen molar-refractivity contribution in [2.75, 3.05) is 7.11 Å². The molecule has 3 rings (SSSR count). The lowest BCUT2D eigenvalue weighted by molar-refractivity contribution is -0.123. The number of benzene rings is 2. The molecule has 0 aromatic heterocycles. The van der Waals surface area contributed by atoms with Crippen molar-refractivity contribution in [3.05, 3.63) is 65.7 Å². The van der Waals surface area contributed by atoms with E-state index in [1.165, 1.54) is 11.1 Å². The summed E-state index contributed by atoms with van der Waals surface area (Å²) in [5.41, 5.74) is 8.79. The normalized spacial score (nSPS) is 20.5. The molecule has 1 amide bonds. The Morgan fingerprint density at radius 1 is 1.15 bits per heavy atom. The average molecular weight is 353 g/mol. The fourth-order valence-electron chi connectivity index (χ4n) is 3.22. The van der Waals surface area contributed by atoms with Gasteiger partial charge in [0.25, 0.3) is 0 Å². The third-order valence-corrected chi connectivity index (χ3v) is 4.84. The molecule has 0 spiro atoms. The summed E-state index contributed by atoms with van der Waals surface area (Å²) in [6.07, 6.45) is 2.58. The van der Waals surface area contributed by atoms with Crippen LogP contribution in [-0.2, 0) is 11.2 Å². The number of aryl methyl sites for hydroxylation is 1. The van der Waals surface area contributed by atoms with E-state index in [-0.39, 0.29) is 24.0 Å². The first-order valence-corrected chi connectivity index (χ1v) is 9.15. The Morgan fingerprint density at radius 2 is 1.88 bits per heavy atom. The van der Waals surface area contributed by atoms with Crippen molar-refractivity contribution in [2.24, 2.45) is 0 Å². The maximum absolute atomic E-state index is 12.5. The molecule has 1 aliphatic heterocycles. The van der Waals surface area contributed by atoms with Crippen LogP contribution in [0.2, 0.25) is 0 Å². The predicted molar refractivity (Wildman–Crippen MR) is 103 cm³/mol. The minimum Gasteiger partial charge on any atom is -0.497 e. The molecule has 1 aliphatic rings. The Kier molecular flexibility index (Phi) is 6.26. The van der Waals surface area contributed by atoms with Crippen molar-refractivity contribution >= 4 is 5.91 Å². The highest BCUT2D eigenvalue weighted by Gasteiger charge is 2.30. The molecule has 138 valence electrons. The highest BCUT2D eigenvalue weighted by molar-refractivity contribution is 5.82. The Morgan fingerprint density at radius 3 is 2.58 bits per heavy atom. The van der Waals surface area contributed by atoms with Gasteiger partial charge in [-0.2, -0.15) is 0 Å². The minimum absolute atomic E-state index is 0.0539. The van der Waals surface area contributed by atoms with Crippen molar-refractivity contribution in [1.82, 2.24) is 16.2 Å². The van der Waals surface area contributed by atoms with Crippen LogP contribution in [0, 0.1) is 0 Å². The molecule has 0 saturated carbocycles. The summed E-state index contributed by atoms with van der Waals surface area (Å²) in [4.78, 5) is 12.5. The number of carbonyl (C=O) groups is 1. The zero-order valence-corrected chi connectivity index (χ0v) is 15.4. The van der Waals surface area contributed by atoms with E-state index in [1.54, 1.807) is 7.11 Å². The lowest BCUT2D eigenvalue weighted by Gasteiger charge is -2.17. The number of methoxy groups -OCH3 is 1. The molecule has 2 aromatic rings. The topological polar surface area (TPSA) is 62.4 Å². The Hall–Kier alpha value is -2.37. The van der Waals surface area contributed by atoms with Crippen molar-refractivity contribution in [3.8, 4) is 5.75 Å². The minimum atomic E-state index is -0.205. The van der Waals surface area contributed by atoms with E-state index in [4.69, 9.17) is 4.74 Å². The molecule has 1 saturated heterocycles. The predicted octanol–water partition coefficient (Wildman–Crippen LogP) is 2.74. The van der Waals surface area contributed by atoms with E-state index in [0.29, 0.717) is 0 Å². The molecule has 0 aliphatic carbocycles. The number of hydrogen-bond acceptors (Lipinski definition) is 4. The second-order valence-corrected chi connectivity index (χ2v) is 6.84. The number of ether oxygens (including phenoxy) is 1. The molecular formula is C21H27N3O2. The summed E-state index contributed by atoms with van der Waals surface area (Å²) in [5, 5.41) is 3.12. The zero-order valence-electron chi connectivity index (χ0n) is 15.4. The summed E-state index contributed by atoms with van der Waals surface area (Å²) in [6, 6.07) is 18.4. The summed E-state index contributed by atoms with van der Waals surface area (Å²) in [6.45, 7) is 2.05. The third kappa shape index (κ3) is 4.84. The van der Waals surface area contributed by atoms with E-state index >= 15 is 0 Å². The van der Waals surface area contributed by atoms with Gasteiger partial charge in [0.1, 0.15) is 11.8 Å². The van der Waals surface area contributed by atoms with Crippen LogP contribution in [0.15, 0.2) is 54.6 Å². The van der Waals surface area contributed by atoms with E-state index < -0.39 is 0 Å². The van der Waals surface area contributed by atoms with Crippen molar-refractivity contribution in [2.45, 2.75) is 44.3 Å². The second kappa shape index (κ2) is 8.83. The number of amides is 1. The van der Waals surface area contributed by atoms with Gasteiger partial charge in [0.15, 0.2) is 0 Å². The third-order valence-electron chi connectivity index (χ3n) is 4.84. The number of nitrogens with one attached hydrogen (secondary N) is 3. The highest BCUT2D eigenvalue weighted by Crippen LogP contribution is 2.22. The van der Waals surface area contributed by atoms with Gasteiger partial charge in [-0.25, -0.2) is 10.9 Å². The van der Waals surface area contributed by atoms with Gasteiger partial charge in [0.2, 0.25) is 5.91 Å². The standard InChI is InChI=1S/C21H27N3O2/c1-15(8-9-16-10-12-18(26-2)13-11-16)22-21(25)20-14-19(23-24-20)17-6-4-3-5-7-17/h3-7,10-13,15,19-20,23-24H,8-9,14H2,1-2H3,(H,22,25). The van der Waals surface area contributed by atoms with Gasteiger partial charge >= 0.3 is 0 Å². The average Bonchev–Trinajstić information content (AvgIpc) is 3.18. The number of hydrazine groups is 1. The van der Waals surface area contributed by atoms with Gasteiger partial charge in [0.05, 0.1) is 7.11 Å². The van der Waals surface area contributed by atoms with Crippen LogP contribution in [0.25, 0.3) is 0 Å². The lowest BCUT2D eigenvalue weighted by atomic mass is 10.0. The molecule has 3 unspecified atom stereocenters. The fraction of sp³-hybridized carbons (Fsp3) is 0.381. The van der Waals surface area contributed by atoms with Crippen molar-refractivity contribution < 1.29 is 9.53 Å². The summed E-state index contributed by atoms with van der Waals surface area (Å²) in [7, 11) is 1.67. The summed E-state index contributed by atoms with van der Waals surface area (Å²) in [5.74, 6) is 0.918. The molecule has 1 fully saturated rings. The molecule has 5 nitrogen and oxygen atoms in total. The maximum Gasteiger partial charge on any atom is 0.238 e. The SMILES string of the molecule is COc1ccc(CCC(C)NC(=O)C2CC(c3ccccc3)NN2)cc1. The highest BCUT2D eigenvalue weighted by atomic mass is 16.5. The molecule has 0 radical (unpaired) electrons. The first kappa shape index (κ1) is 18.4. The molecule has 0 bridgehead atoms. The summed E-state index contributed by atoms with van der Waals surface area (Å²) < 4.78 is 5.18. The Bertz CT molecular complexity index is 703.